The number of halogens is 2. The minimum atomic E-state index is -0.534. The third-order valence-corrected chi connectivity index (χ3v) is 4.85. The van der Waals surface area contributed by atoms with Crippen molar-refractivity contribution in [2.45, 2.75) is 45.3 Å². The highest BCUT2D eigenvalue weighted by Gasteiger charge is 2.36. The van der Waals surface area contributed by atoms with Gasteiger partial charge >= 0.3 is 0 Å². The van der Waals surface area contributed by atoms with Gasteiger partial charge in [-0.05, 0) is 36.6 Å². The highest BCUT2D eigenvalue weighted by molar-refractivity contribution is 6.30. The van der Waals surface area contributed by atoms with Crippen molar-refractivity contribution < 1.29 is 9.18 Å². The zero-order valence-corrected chi connectivity index (χ0v) is 14.6. The van der Waals surface area contributed by atoms with Crippen LogP contribution in [0.3, 0.4) is 0 Å². The van der Waals surface area contributed by atoms with Crippen LogP contribution < -0.4 is 11.1 Å². The molecule has 6 heteroatoms. The number of rotatable bonds is 5. The Morgan fingerprint density at radius 2 is 2.22 bits per heavy atom. The van der Waals surface area contributed by atoms with Crippen LogP contribution in [0, 0.1) is 11.7 Å². The van der Waals surface area contributed by atoms with Crippen molar-refractivity contribution in [3.8, 4) is 0 Å². The van der Waals surface area contributed by atoms with Gasteiger partial charge in [-0.25, -0.2) is 4.39 Å². The van der Waals surface area contributed by atoms with Crippen molar-refractivity contribution in [2.24, 2.45) is 11.7 Å². The molecule has 1 heterocycles. The van der Waals surface area contributed by atoms with E-state index in [0.29, 0.717) is 0 Å². The van der Waals surface area contributed by atoms with Crippen molar-refractivity contribution in [1.29, 1.82) is 0 Å². The van der Waals surface area contributed by atoms with E-state index in [0.717, 1.165) is 25.1 Å². The molecule has 4 nitrogen and oxygen atoms in total. The lowest BCUT2D eigenvalue weighted by atomic mass is 9.98. The molecular weight excluding hydrogens is 317 g/mol. The van der Waals surface area contributed by atoms with Gasteiger partial charge in [0.2, 0.25) is 5.91 Å². The van der Waals surface area contributed by atoms with Crippen LogP contribution >= 0.6 is 11.6 Å². The highest BCUT2D eigenvalue weighted by atomic mass is 35.5. The Morgan fingerprint density at radius 3 is 2.78 bits per heavy atom. The molecule has 1 aromatic rings. The first kappa shape index (κ1) is 18.2. The third-order valence-electron chi connectivity index (χ3n) is 4.54. The van der Waals surface area contributed by atoms with E-state index < -0.39 is 11.9 Å². The summed E-state index contributed by atoms with van der Waals surface area (Å²) in [5.41, 5.74) is 6.76. The van der Waals surface area contributed by atoms with Crippen LogP contribution in [-0.4, -0.2) is 36.0 Å². The average molecular weight is 342 g/mol. The van der Waals surface area contributed by atoms with E-state index in [1.54, 1.807) is 6.07 Å². The van der Waals surface area contributed by atoms with Gasteiger partial charge in [-0.15, -0.1) is 0 Å². The van der Waals surface area contributed by atoms with Gasteiger partial charge in [0.15, 0.2) is 0 Å². The fourth-order valence-corrected chi connectivity index (χ4v) is 3.20. The van der Waals surface area contributed by atoms with E-state index >= 15 is 0 Å². The van der Waals surface area contributed by atoms with E-state index in [1.807, 2.05) is 19.9 Å². The molecule has 0 saturated carbocycles. The van der Waals surface area contributed by atoms with Crippen LogP contribution in [0.4, 0.5) is 4.39 Å². The molecule has 1 saturated heterocycles. The molecule has 0 radical (unpaired) electrons. The number of benzene rings is 1. The fourth-order valence-electron chi connectivity index (χ4n) is 3.08. The van der Waals surface area contributed by atoms with E-state index in [9.17, 15) is 9.18 Å². The molecule has 0 spiro atoms. The van der Waals surface area contributed by atoms with E-state index in [4.69, 9.17) is 17.3 Å². The van der Waals surface area contributed by atoms with Crippen molar-refractivity contribution in [1.82, 2.24) is 10.2 Å². The topological polar surface area (TPSA) is 58.4 Å². The summed E-state index contributed by atoms with van der Waals surface area (Å²) >= 11 is 5.78. The SMILES string of the molecule is CCN1CCC(NC(=O)[C@@H](N)C(C)C)C1c1ccc(Cl)c(F)c1. The van der Waals surface area contributed by atoms with Crippen LogP contribution in [0.15, 0.2) is 18.2 Å². The lowest BCUT2D eigenvalue weighted by molar-refractivity contribution is -0.124. The summed E-state index contributed by atoms with van der Waals surface area (Å²) in [5.74, 6) is -0.511. The smallest absolute Gasteiger partial charge is 0.237 e. The third kappa shape index (κ3) is 4.03. The quantitative estimate of drug-likeness (QED) is 0.865. The van der Waals surface area contributed by atoms with E-state index in [-0.39, 0.29) is 28.9 Å². The second kappa shape index (κ2) is 7.60. The molecule has 1 fully saturated rings. The van der Waals surface area contributed by atoms with Gasteiger partial charge in [0.1, 0.15) is 5.82 Å². The second-order valence-corrected chi connectivity index (χ2v) is 6.83. The van der Waals surface area contributed by atoms with Crippen molar-refractivity contribution in [2.75, 3.05) is 13.1 Å². The van der Waals surface area contributed by atoms with Crippen LogP contribution in [-0.2, 0) is 4.79 Å². The fraction of sp³-hybridized carbons (Fsp3) is 0.588. The number of carbonyl (C=O) groups excluding carboxylic acids is 1. The molecule has 1 amide bonds. The Hall–Kier alpha value is -1.17. The maximum atomic E-state index is 13.8. The summed E-state index contributed by atoms with van der Waals surface area (Å²) in [6.45, 7) is 7.58. The van der Waals surface area contributed by atoms with Gasteiger partial charge in [-0.2, -0.15) is 0 Å². The lowest BCUT2D eigenvalue weighted by Crippen LogP contribution is -2.49. The van der Waals surface area contributed by atoms with Crippen LogP contribution in [0.25, 0.3) is 0 Å². The zero-order chi connectivity index (χ0) is 17.1. The van der Waals surface area contributed by atoms with Gasteiger partial charge in [-0.1, -0.05) is 38.4 Å². The van der Waals surface area contributed by atoms with Gasteiger partial charge in [0, 0.05) is 12.6 Å². The molecule has 0 aliphatic carbocycles. The number of nitrogens with zero attached hydrogens (tertiary/aromatic N) is 1. The Morgan fingerprint density at radius 1 is 1.52 bits per heavy atom. The highest BCUT2D eigenvalue weighted by Crippen LogP contribution is 2.33. The molecule has 0 bridgehead atoms. The summed E-state index contributed by atoms with van der Waals surface area (Å²) in [6.07, 6.45) is 0.819. The number of likely N-dealkylation sites (tertiary alicyclic amines) is 1. The van der Waals surface area contributed by atoms with Crippen molar-refractivity contribution >= 4 is 17.5 Å². The summed E-state index contributed by atoms with van der Waals surface area (Å²) in [5, 5.41) is 3.15. The molecule has 0 aromatic heterocycles. The van der Waals surface area contributed by atoms with Gasteiger partial charge in [-0.3, -0.25) is 9.69 Å². The molecule has 1 aliphatic rings. The molecular formula is C17H25ClFN3O. The zero-order valence-electron chi connectivity index (χ0n) is 13.9. The molecule has 1 aliphatic heterocycles. The predicted octanol–water partition coefficient (Wildman–Crippen LogP) is 2.71. The standard InChI is InChI=1S/C17H25ClFN3O/c1-4-22-8-7-14(21-17(23)15(20)10(2)3)16(22)11-5-6-12(18)13(19)9-11/h5-6,9-10,14-16H,4,7-8,20H2,1-3H3,(H,21,23)/t14?,15-,16?/m0/s1. The summed E-state index contributed by atoms with van der Waals surface area (Å²) in [7, 11) is 0. The second-order valence-electron chi connectivity index (χ2n) is 6.42. The minimum Gasteiger partial charge on any atom is -0.350 e. The first-order valence-electron chi connectivity index (χ1n) is 8.10. The number of nitrogens with two attached hydrogens (primary N) is 1. The van der Waals surface area contributed by atoms with Gasteiger partial charge in [0.25, 0.3) is 0 Å². The Kier molecular flexibility index (Phi) is 6.00. The summed E-state index contributed by atoms with van der Waals surface area (Å²) in [6, 6.07) is 4.18. The largest absolute Gasteiger partial charge is 0.350 e. The molecule has 2 unspecified atom stereocenters. The van der Waals surface area contributed by atoms with Crippen molar-refractivity contribution in [3.05, 3.63) is 34.6 Å². The Balaban J connectivity index is 2.21. The summed E-state index contributed by atoms with van der Waals surface area (Å²) < 4.78 is 13.8. The molecule has 2 rings (SSSR count). The first-order chi connectivity index (χ1) is 10.8. The molecule has 3 atom stereocenters. The van der Waals surface area contributed by atoms with Crippen molar-refractivity contribution in [3.63, 3.8) is 0 Å². The Bertz CT molecular complexity index is 567. The number of carbonyl (C=O) groups is 1. The molecule has 128 valence electrons. The maximum absolute atomic E-state index is 13.8. The average Bonchev–Trinajstić information content (AvgIpc) is 2.91. The number of hydrogen-bond acceptors (Lipinski definition) is 3. The molecule has 3 N–H and O–H groups in total. The van der Waals surface area contributed by atoms with Crippen LogP contribution in [0.5, 0.6) is 0 Å². The number of likely N-dealkylation sites (N-methyl/N-ethyl adjacent to an activating group) is 1. The lowest BCUT2D eigenvalue weighted by Gasteiger charge is -2.29. The minimum absolute atomic E-state index is 0.0601. The number of amides is 1. The molecule has 1 aromatic carbocycles. The Labute approximate surface area is 142 Å². The summed E-state index contributed by atoms with van der Waals surface area (Å²) in [4.78, 5) is 14.5. The first-order valence-corrected chi connectivity index (χ1v) is 8.47. The number of hydrogen-bond donors (Lipinski definition) is 2. The van der Waals surface area contributed by atoms with Gasteiger partial charge in [0.05, 0.1) is 17.1 Å². The predicted molar refractivity (Wildman–Crippen MR) is 90.8 cm³/mol. The molecule has 23 heavy (non-hydrogen) atoms. The number of nitrogens with one attached hydrogen (secondary N) is 1. The van der Waals surface area contributed by atoms with E-state index in [1.165, 1.54) is 6.07 Å². The maximum Gasteiger partial charge on any atom is 0.237 e. The van der Waals surface area contributed by atoms with Crippen LogP contribution in [0.2, 0.25) is 5.02 Å². The monoisotopic (exact) mass is 341 g/mol. The van der Waals surface area contributed by atoms with Gasteiger partial charge < -0.3 is 11.1 Å². The van der Waals surface area contributed by atoms with E-state index in [2.05, 4.69) is 17.1 Å². The van der Waals surface area contributed by atoms with Crippen LogP contribution in [0.1, 0.15) is 38.8 Å². The normalized spacial score (nSPS) is 23.3.